The van der Waals surface area contributed by atoms with Crippen molar-refractivity contribution < 1.29 is 4.74 Å². The lowest BCUT2D eigenvalue weighted by Gasteiger charge is -2.04. The third-order valence-corrected chi connectivity index (χ3v) is 1.46. The Bertz CT molecular complexity index is 220. The van der Waals surface area contributed by atoms with Gasteiger partial charge in [-0.2, -0.15) is 0 Å². The first-order chi connectivity index (χ1) is 5.22. The minimum absolute atomic E-state index is 0.489. The van der Waals surface area contributed by atoms with Gasteiger partial charge in [0.1, 0.15) is 5.75 Å². The van der Waals surface area contributed by atoms with Crippen LogP contribution in [0.5, 0.6) is 5.75 Å². The summed E-state index contributed by atoms with van der Waals surface area (Å²) in [5.74, 6) is 0.914. The van der Waals surface area contributed by atoms with Crippen LogP contribution in [0.15, 0.2) is 18.2 Å². The van der Waals surface area contributed by atoms with E-state index in [9.17, 15) is 0 Å². The second-order valence-corrected chi connectivity index (χ2v) is 2.67. The lowest BCUT2D eigenvalue weighted by molar-refractivity contribution is 0.360. The monoisotopic (exact) mass is 149 g/mol. The first-order valence-corrected chi connectivity index (χ1v) is 3.72. The standard InChI is InChI=1S/C10H13O/c1-4-11-10-6-8(2)5-9(3)7-10/h5-7H,1,4H2,2-3H3. The molecule has 1 nitrogen and oxygen atoms in total. The van der Waals surface area contributed by atoms with Gasteiger partial charge in [0.15, 0.2) is 0 Å². The van der Waals surface area contributed by atoms with E-state index in [0.717, 1.165) is 5.75 Å². The Hall–Kier alpha value is -0.980. The van der Waals surface area contributed by atoms with Gasteiger partial charge in [0.25, 0.3) is 0 Å². The summed E-state index contributed by atoms with van der Waals surface area (Å²) in [4.78, 5) is 0. The fourth-order valence-electron chi connectivity index (χ4n) is 1.13. The van der Waals surface area contributed by atoms with Gasteiger partial charge in [-0.25, -0.2) is 0 Å². The van der Waals surface area contributed by atoms with Crippen LogP contribution in [0.25, 0.3) is 0 Å². The fourth-order valence-corrected chi connectivity index (χ4v) is 1.13. The van der Waals surface area contributed by atoms with E-state index < -0.39 is 0 Å². The molecule has 0 aromatic heterocycles. The summed E-state index contributed by atoms with van der Waals surface area (Å²) >= 11 is 0. The Kier molecular flexibility index (Phi) is 2.53. The van der Waals surface area contributed by atoms with Crippen molar-refractivity contribution in [2.45, 2.75) is 13.8 Å². The largest absolute Gasteiger partial charge is 0.494 e. The minimum Gasteiger partial charge on any atom is -0.494 e. The first-order valence-electron chi connectivity index (χ1n) is 3.72. The summed E-state index contributed by atoms with van der Waals surface area (Å²) in [6, 6.07) is 6.15. The maximum Gasteiger partial charge on any atom is 0.119 e. The molecule has 0 aliphatic rings. The smallest absolute Gasteiger partial charge is 0.119 e. The molecule has 1 rings (SSSR count). The summed E-state index contributed by atoms with van der Waals surface area (Å²) < 4.78 is 5.26. The van der Waals surface area contributed by atoms with Crippen LogP contribution in [0.3, 0.4) is 0 Å². The Morgan fingerprint density at radius 1 is 1.18 bits per heavy atom. The van der Waals surface area contributed by atoms with Gasteiger partial charge in [-0.1, -0.05) is 6.07 Å². The number of rotatable bonds is 2. The second kappa shape index (κ2) is 3.42. The van der Waals surface area contributed by atoms with Gasteiger partial charge >= 0.3 is 0 Å². The Balaban J connectivity index is 2.89. The Morgan fingerprint density at radius 3 is 2.18 bits per heavy atom. The van der Waals surface area contributed by atoms with Crippen molar-refractivity contribution in [2.75, 3.05) is 6.61 Å². The van der Waals surface area contributed by atoms with Crippen molar-refractivity contribution in [2.24, 2.45) is 0 Å². The molecule has 0 N–H and O–H groups in total. The minimum atomic E-state index is 0.489. The Morgan fingerprint density at radius 2 is 1.73 bits per heavy atom. The van der Waals surface area contributed by atoms with E-state index >= 15 is 0 Å². The van der Waals surface area contributed by atoms with E-state index in [-0.39, 0.29) is 0 Å². The predicted molar refractivity (Wildman–Crippen MR) is 46.8 cm³/mol. The molecule has 0 amide bonds. The molecule has 59 valence electrons. The number of benzene rings is 1. The van der Waals surface area contributed by atoms with Crippen molar-refractivity contribution in [1.29, 1.82) is 0 Å². The summed E-state index contributed by atoms with van der Waals surface area (Å²) in [5.41, 5.74) is 2.46. The molecule has 11 heavy (non-hydrogen) atoms. The lowest BCUT2D eigenvalue weighted by Crippen LogP contribution is -1.92. The van der Waals surface area contributed by atoms with Crippen molar-refractivity contribution in [3.63, 3.8) is 0 Å². The van der Waals surface area contributed by atoms with Gasteiger partial charge in [-0.3, -0.25) is 0 Å². The zero-order valence-electron chi connectivity index (χ0n) is 7.05. The van der Waals surface area contributed by atoms with Crippen LogP contribution in [0.2, 0.25) is 0 Å². The molecule has 1 radical (unpaired) electrons. The average molecular weight is 149 g/mol. The van der Waals surface area contributed by atoms with Crippen LogP contribution in [-0.4, -0.2) is 6.61 Å². The maximum absolute atomic E-state index is 5.26. The molecule has 1 aromatic carbocycles. The van der Waals surface area contributed by atoms with Gasteiger partial charge in [-0.15, -0.1) is 0 Å². The third kappa shape index (κ3) is 2.26. The van der Waals surface area contributed by atoms with Gasteiger partial charge in [0.05, 0.1) is 6.61 Å². The van der Waals surface area contributed by atoms with Crippen LogP contribution in [0.4, 0.5) is 0 Å². The third-order valence-electron chi connectivity index (χ3n) is 1.46. The molecule has 0 aliphatic carbocycles. The predicted octanol–water partition coefficient (Wildman–Crippen LogP) is 2.52. The van der Waals surface area contributed by atoms with Crippen LogP contribution in [0, 0.1) is 20.8 Å². The SMILES string of the molecule is [CH2]COc1cc(C)cc(C)c1. The zero-order chi connectivity index (χ0) is 8.27. The highest BCUT2D eigenvalue weighted by molar-refractivity contribution is 5.32. The topological polar surface area (TPSA) is 9.23 Å². The van der Waals surface area contributed by atoms with Crippen molar-refractivity contribution >= 4 is 0 Å². The number of hydrogen-bond acceptors (Lipinski definition) is 1. The molecule has 1 aromatic rings. The quantitative estimate of drug-likeness (QED) is 0.627. The van der Waals surface area contributed by atoms with Crippen molar-refractivity contribution in [1.82, 2.24) is 0 Å². The van der Waals surface area contributed by atoms with Crippen LogP contribution in [0.1, 0.15) is 11.1 Å². The van der Waals surface area contributed by atoms with E-state index in [0.29, 0.717) is 6.61 Å². The summed E-state index contributed by atoms with van der Waals surface area (Å²) in [5, 5.41) is 0. The van der Waals surface area contributed by atoms with E-state index in [2.05, 4.69) is 26.8 Å². The molecule has 0 aliphatic heterocycles. The normalized spacial score (nSPS) is 9.73. The summed E-state index contributed by atoms with van der Waals surface area (Å²) in [7, 11) is 0. The number of aryl methyl sites for hydroxylation is 2. The summed E-state index contributed by atoms with van der Waals surface area (Å²) in [6.07, 6.45) is 0. The average Bonchev–Trinajstić information content (AvgIpc) is 1.85. The van der Waals surface area contributed by atoms with Crippen molar-refractivity contribution in [3.05, 3.63) is 36.2 Å². The molecular formula is C10H13O. The van der Waals surface area contributed by atoms with Gasteiger partial charge in [0, 0.05) is 0 Å². The number of hydrogen-bond donors (Lipinski definition) is 0. The fraction of sp³-hybridized carbons (Fsp3) is 0.300. The highest BCUT2D eigenvalue weighted by atomic mass is 16.5. The molecule has 0 saturated carbocycles. The molecular weight excluding hydrogens is 136 g/mol. The second-order valence-electron chi connectivity index (χ2n) is 2.67. The van der Waals surface area contributed by atoms with Crippen LogP contribution >= 0.6 is 0 Å². The highest BCUT2D eigenvalue weighted by Gasteiger charge is 1.93. The first kappa shape index (κ1) is 8.12. The maximum atomic E-state index is 5.26. The van der Waals surface area contributed by atoms with Crippen LogP contribution < -0.4 is 4.74 Å². The van der Waals surface area contributed by atoms with E-state index in [4.69, 9.17) is 4.74 Å². The van der Waals surface area contributed by atoms with E-state index in [1.807, 2.05) is 12.1 Å². The number of ether oxygens (including phenoxy) is 1. The molecule has 0 spiro atoms. The molecule has 1 heteroatoms. The molecule has 0 fully saturated rings. The highest BCUT2D eigenvalue weighted by Crippen LogP contribution is 2.15. The van der Waals surface area contributed by atoms with E-state index in [1.54, 1.807) is 0 Å². The molecule has 0 bridgehead atoms. The van der Waals surface area contributed by atoms with Gasteiger partial charge < -0.3 is 4.74 Å². The zero-order valence-corrected chi connectivity index (χ0v) is 7.05. The summed E-state index contributed by atoms with van der Waals surface area (Å²) in [6.45, 7) is 8.22. The molecule has 0 heterocycles. The van der Waals surface area contributed by atoms with E-state index in [1.165, 1.54) is 11.1 Å². The lowest BCUT2D eigenvalue weighted by atomic mass is 10.1. The molecule has 0 unspecified atom stereocenters. The molecule has 0 atom stereocenters. The van der Waals surface area contributed by atoms with Gasteiger partial charge in [-0.05, 0) is 44.0 Å². The van der Waals surface area contributed by atoms with Gasteiger partial charge in [0.2, 0.25) is 0 Å². The Labute approximate surface area is 68.0 Å². The molecule has 0 saturated heterocycles. The van der Waals surface area contributed by atoms with Crippen molar-refractivity contribution in [3.8, 4) is 5.75 Å². The van der Waals surface area contributed by atoms with Crippen LogP contribution in [-0.2, 0) is 0 Å².